The monoisotopic (exact) mass is 1680 g/mol. The summed E-state index contributed by atoms with van der Waals surface area (Å²) in [4.78, 5) is 192. The van der Waals surface area contributed by atoms with Gasteiger partial charge in [0, 0.05) is 84.3 Å². The summed E-state index contributed by atoms with van der Waals surface area (Å²) in [5.74, 6) is -6.57. The lowest BCUT2D eigenvalue weighted by Crippen LogP contribution is -2.52. The van der Waals surface area contributed by atoms with E-state index in [1.54, 1.807) is 160 Å². The molecule has 35 nitrogen and oxygen atoms in total. The van der Waals surface area contributed by atoms with Gasteiger partial charge < -0.3 is 72.3 Å². The Kier molecular flexibility index (Phi) is 21.7. The van der Waals surface area contributed by atoms with Gasteiger partial charge in [0.05, 0.1) is 68.3 Å². The topological polar surface area (TPSA) is 414 Å². The number of methoxy groups -OCH3 is 3. The Morgan fingerprint density at radius 3 is 1.43 bits per heavy atom. The number of rotatable bonds is 19. The molecule has 0 radical (unpaired) electrons. The molecular weight excluding hydrogens is 1590 g/mol. The van der Waals surface area contributed by atoms with E-state index in [2.05, 4.69) is 30.9 Å². The number of halogens is 2. The fourth-order valence-electron chi connectivity index (χ4n) is 15.1. The average molecular weight is 1680 g/mol. The lowest BCUT2D eigenvalue weighted by atomic mass is 9.94. The molecule has 7 aliphatic rings. The second-order valence-electron chi connectivity index (χ2n) is 33.6. The van der Waals surface area contributed by atoms with E-state index in [0.717, 1.165) is 20.3 Å². The number of nitrogens with one attached hydrogen (secondary N) is 3. The number of esters is 3. The highest BCUT2D eigenvalue weighted by Gasteiger charge is 2.61. The van der Waals surface area contributed by atoms with Crippen LogP contribution in [-0.4, -0.2) is 189 Å². The number of furan rings is 3. The fourth-order valence-corrected chi connectivity index (χ4v) is 15.1. The molecule has 13 heterocycles. The van der Waals surface area contributed by atoms with Crippen molar-refractivity contribution in [3.05, 3.63) is 171 Å². The third-order valence-corrected chi connectivity index (χ3v) is 21.9. The van der Waals surface area contributed by atoms with Crippen molar-refractivity contribution in [2.75, 3.05) is 66.1 Å². The van der Waals surface area contributed by atoms with Crippen LogP contribution in [0.25, 0.3) is 33.0 Å². The third kappa shape index (κ3) is 15.0. The molecule has 0 spiro atoms. The maximum atomic E-state index is 15.0. The number of hydrogen-bond donors (Lipinski definition) is 3. The van der Waals surface area contributed by atoms with E-state index in [1.807, 2.05) is 6.92 Å². The molecule has 16 rings (SSSR count). The molecule has 638 valence electrons. The van der Waals surface area contributed by atoms with Gasteiger partial charge in [0.15, 0.2) is 65.5 Å². The van der Waals surface area contributed by atoms with Crippen LogP contribution in [0, 0.1) is 41.7 Å². The number of fused-ring (bicyclic) bond motifs is 6. The molecule has 1 unspecified atom stereocenters. The van der Waals surface area contributed by atoms with E-state index in [9.17, 15) is 71.1 Å². The van der Waals surface area contributed by atoms with Crippen LogP contribution >= 0.6 is 0 Å². The quantitative estimate of drug-likeness (QED) is 0.0385. The van der Waals surface area contributed by atoms with Gasteiger partial charge in [-0.3, -0.25) is 62.8 Å². The Bertz CT molecular complexity index is 5940. The molecule has 13 amide bonds. The largest absolute Gasteiger partial charge is 0.497 e. The van der Waals surface area contributed by atoms with Crippen molar-refractivity contribution in [2.24, 2.45) is 16.2 Å². The number of aromatic nitrogens is 3. The van der Waals surface area contributed by atoms with Crippen molar-refractivity contribution in [3.8, 4) is 17.2 Å². The molecule has 6 aromatic heterocycles. The first-order chi connectivity index (χ1) is 57.5. The number of carbonyl (C=O) groups excluding carboxylic acids is 13. The number of nitrogens with zero attached hydrogens (tertiary/aromatic N) is 10. The van der Waals surface area contributed by atoms with Crippen LogP contribution in [0.5, 0.6) is 17.2 Å². The second kappa shape index (κ2) is 31.4. The van der Waals surface area contributed by atoms with Crippen molar-refractivity contribution < 1.29 is 113 Å². The van der Waals surface area contributed by atoms with Crippen molar-refractivity contribution in [1.82, 2.24) is 60.3 Å². The minimum Gasteiger partial charge on any atom is -0.497 e. The predicted molar refractivity (Wildman–Crippen MR) is 423 cm³/mol. The number of aryl methyl sites for hydroxylation is 2. The van der Waals surface area contributed by atoms with Crippen LogP contribution in [0.1, 0.15) is 159 Å². The molecule has 4 saturated heterocycles. The molecule has 4 atom stereocenters. The van der Waals surface area contributed by atoms with Crippen molar-refractivity contribution in [3.63, 3.8) is 0 Å². The number of ether oxygens (including phenoxy) is 6. The van der Waals surface area contributed by atoms with E-state index in [1.165, 1.54) is 54.2 Å². The summed E-state index contributed by atoms with van der Waals surface area (Å²) in [5, 5.41) is 9.22. The van der Waals surface area contributed by atoms with Gasteiger partial charge in [-0.25, -0.2) is 42.8 Å². The zero-order valence-corrected chi connectivity index (χ0v) is 69.3. The van der Waals surface area contributed by atoms with Crippen molar-refractivity contribution in [2.45, 2.75) is 138 Å². The van der Waals surface area contributed by atoms with E-state index in [4.69, 9.17) is 41.7 Å². The van der Waals surface area contributed by atoms with Crippen LogP contribution in [0.2, 0.25) is 0 Å². The SMILES string of the molecule is COc1ccc2c(c1)C(=O)N(C[C@@]1(c3cc4nc(N5C(=O)CCC5C)ccc4o3)NC(=O)N(COC(=O)C(C)(C)C)C1=O)C2.COc1ccc2c(c1F)C(=O)N(C[C@@]1(c3cc4c(C)nccc4o3)NC(=O)N(COC(=O)C(C)(C)C)C1=O)C2.COc1ccc2c(c1F)C(=O)N(C[C@@]1(c3cc4cnc(C)cc4o3)NC(=O)N(COC(=O)C(C)(C)C)C1=O)C2. The Labute approximate surface area is 695 Å². The second-order valence-corrected chi connectivity index (χ2v) is 33.6. The number of benzene rings is 3. The van der Waals surface area contributed by atoms with Gasteiger partial charge in [-0.1, -0.05) is 18.2 Å². The number of amides is 13. The summed E-state index contributed by atoms with van der Waals surface area (Å²) < 4.78 is 79.3. The molecule has 122 heavy (non-hydrogen) atoms. The standard InChI is InChI=1S/C31H33N5O8.2C27H27FN4O7/c1-17-6-11-25(37)36(17)24-10-9-22-21(32-24)13-23(44-22)31(15-34-14-18-7-8-19(42-5)12-20(18)26(34)38)27(39)35(29(41)33-31)16-43-28(40)30(2,3)4;1-14-8-18-16(10-29-14)9-19(39-18)27(23(34)32(25(36)30-27)13-38-24(35)26(2,3)4)12-31-11-15-6-7-17(37-5)21(28)20(15)22(31)33;1-14-16-10-19(39-17(16)8-9-29-14)27(23(34)32(25(36)30-27)13-38-24(35)26(2,3)4)12-31-11-15-6-7-18(37-5)21(28)20(15)22(31)33/h7-10,12-13,17H,6,11,14-16H2,1-5H3,(H,33,41);2*6-10H,11-13H2,1-5H3,(H,30,36)/t17?,31-;2*27-/m000/s1. The molecule has 37 heteroatoms. The molecule has 9 aromatic rings. The maximum Gasteiger partial charge on any atom is 0.328 e. The highest BCUT2D eigenvalue weighted by atomic mass is 19.1. The summed E-state index contributed by atoms with van der Waals surface area (Å²) in [7, 11) is 4.09. The Morgan fingerprint density at radius 2 is 0.967 bits per heavy atom. The number of anilines is 1. The summed E-state index contributed by atoms with van der Waals surface area (Å²) in [6.45, 7) is 17.5. The van der Waals surface area contributed by atoms with Crippen LogP contribution in [0.15, 0.2) is 111 Å². The van der Waals surface area contributed by atoms with Crippen LogP contribution in [0.3, 0.4) is 0 Å². The Balaban J connectivity index is 0.000000150. The van der Waals surface area contributed by atoms with Gasteiger partial charge in [0.1, 0.15) is 45.5 Å². The lowest BCUT2D eigenvalue weighted by molar-refractivity contribution is -0.160. The van der Waals surface area contributed by atoms with E-state index in [0.29, 0.717) is 85.5 Å². The first kappa shape index (κ1) is 84.6. The van der Waals surface area contributed by atoms with Crippen LogP contribution in [-0.2, 0) is 84.0 Å². The summed E-state index contributed by atoms with van der Waals surface area (Å²) >= 11 is 0. The van der Waals surface area contributed by atoms with Gasteiger partial charge in [-0.05, 0) is 161 Å². The van der Waals surface area contributed by atoms with E-state index < -0.39 is 130 Å². The minimum absolute atomic E-state index is 0.0140. The number of hydrogen-bond acceptors (Lipinski definition) is 25. The molecule has 0 aliphatic carbocycles. The molecule has 4 fully saturated rings. The van der Waals surface area contributed by atoms with E-state index in [-0.39, 0.29) is 97.0 Å². The minimum atomic E-state index is -1.88. The van der Waals surface area contributed by atoms with Gasteiger partial charge in [0.25, 0.3) is 35.4 Å². The first-order valence-electron chi connectivity index (χ1n) is 38.7. The summed E-state index contributed by atoms with van der Waals surface area (Å²) in [6, 6.07) is 19.9. The Hall–Kier alpha value is -13.9. The molecule has 7 aliphatic heterocycles. The van der Waals surface area contributed by atoms with Crippen molar-refractivity contribution in [1.29, 1.82) is 0 Å². The molecule has 3 aromatic carbocycles. The van der Waals surface area contributed by atoms with Crippen LogP contribution in [0.4, 0.5) is 29.0 Å². The number of imide groups is 3. The molecule has 0 bridgehead atoms. The van der Waals surface area contributed by atoms with Gasteiger partial charge in [0.2, 0.25) is 5.91 Å². The normalized spacial score (nSPS) is 20.1. The van der Waals surface area contributed by atoms with Gasteiger partial charge in [-0.2, -0.15) is 0 Å². The molecule has 0 saturated carbocycles. The van der Waals surface area contributed by atoms with Crippen molar-refractivity contribution >= 4 is 116 Å². The van der Waals surface area contributed by atoms with Gasteiger partial charge in [-0.15, -0.1) is 0 Å². The predicted octanol–water partition coefficient (Wildman–Crippen LogP) is 9.77. The summed E-state index contributed by atoms with van der Waals surface area (Å²) in [5.41, 5.74) is -3.73. The zero-order chi connectivity index (χ0) is 88.1. The number of pyridine rings is 3. The highest BCUT2D eigenvalue weighted by molar-refractivity contribution is 6.11. The fraction of sp³-hybridized carbons (Fsp3) is 0.388. The number of urea groups is 3. The highest BCUT2D eigenvalue weighted by Crippen LogP contribution is 2.44. The van der Waals surface area contributed by atoms with Gasteiger partial charge >= 0.3 is 36.0 Å². The number of carbonyl (C=O) groups is 13. The smallest absolute Gasteiger partial charge is 0.328 e. The average Bonchev–Trinajstić information content (AvgIpc) is 1.58. The molecular formula is C85H87F2N13O22. The third-order valence-electron chi connectivity index (χ3n) is 21.9. The zero-order valence-electron chi connectivity index (χ0n) is 69.3. The summed E-state index contributed by atoms with van der Waals surface area (Å²) in [6.07, 6.45) is 4.25. The molecule has 3 N–H and O–H groups in total. The van der Waals surface area contributed by atoms with Crippen LogP contribution < -0.4 is 35.1 Å². The first-order valence-corrected chi connectivity index (χ1v) is 38.7. The Morgan fingerprint density at radius 1 is 0.516 bits per heavy atom. The maximum absolute atomic E-state index is 15.0. The van der Waals surface area contributed by atoms with E-state index >= 15 is 0 Å². The lowest BCUT2D eigenvalue weighted by Gasteiger charge is -2.29.